The van der Waals surface area contributed by atoms with Gasteiger partial charge < -0.3 is 19.3 Å². The standard InChI is InChI=1S/C18H22N4O4/c1-11-7-13(23)18(26-11)22-10-21-15-16(22)19-9-20-17(15)25-8-12-5-3-4-6-14(12)24-2/h3,5,9-11,13,18,23H,4,6-8H2,1-2H3/t11?,13-,18-/m1/s1. The van der Waals surface area contributed by atoms with Gasteiger partial charge in [0.05, 0.1) is 19.5 Å². The Morgan fingerprint density at radius 1 is 1.35 bits per heavy atom. The fourth-order valence-corrected chi connectivity index (χ4v) is 3.42. The van der Waals surface area contributed by atoms with Crippen LogP contribution in [0.2, 0.25) is 0 Å². The molecule has 2 aromatic rings. The van der Waals surface area contributed by atoms with Crippen LogP contribution in [0.5, 0.6) is 5.88 Å². The van der Waals surface area contributed by atoms with Gasteiger partial charge in [-0.2, -0.15) is 4.98 Å². The fraction of sp³-hybridized carbons (Fsp3) is 0.500. The van der Waals surface area contributed by atoms with Crippen LogP contribution in [-0.4, -0.2) is 50.6 Å². The molecule has 8 nitrogen and oxygen atoms in total. The molecular formula is C18H22N4O4. The first-order valence-electron chi connectivity index (χ1n) is 8.73. The number of hydrogen-bond acceptors (Lipinski definition) is 7. The summed E-state index contributed by atoms with van der Waals surface area (Å²) in [5, 5.41) is 10.2. The van der Waals surface area contributed by atoms with Gasteiger partial charge in [-0.3, -0.25) is 4.57 Å². The van der Waals surface area contributed by atoms with Gasteiger partial charge in [0.2, 0.25) is 5.88 Å². The molecule has 2 aromatic heterocycles. The van der Waals surface area contributed by atoms with Crippen LogP contribution in [0.25, 0.3) is 11.2 Å². The van der Waals surface area contributed by atoms with E-state index < -0.39 is 12.3 Å². The van der Waals surface area contributed by atoms with Gasteiger partial charge in [0.15, 0.2) is 17.4 Å². The molecule has 0 amide bonds. The number of allylic oxidation sites excluding steroid dienone is 2. The second-order valence-corrected chi connectivity index (χ2v) is 6.53. The molecule has 8 heteroatoms. The number of hydrogen-bond donors (Lipinski definition) is 1. The van der Waals surface area contributed by atoms with Gasteiger partial charge in [0, 0.05) is 18.4 Å². The first-order chi connectivity index (χ1) is 12.7. The first kappa shape index (κ1) is 17.0. The number of fused-ring (bicyclic) bond motifs is 1. The lowest BCUT2D eigenvalue weighted by Gasteiger charge is -2.16. The molecule has 0 radical (unpaired) electrons. The van der Waals surface area contributed by atoms with E-state index in [2.05, 4.69) is 21.0 Å². The van der Waals surface area contributed by atoms with E-state index >= 15 is 0 Å². The predicted octanol–water partition coefficient (Wildman–Crippen LogP) is 2.12. The zero-order valence-corrected chi connectivity index (χ0v) is 14.8. The molecule has 4 rings (SSSR count). The number of imidazole rings is 1. The smallest absolute Gasteiger partial charge is 0.245 e. The van der Waals surface area contributed by atoms with Crippen molar-refractivity contribution in [3.05, 3.63) is 36.1 Å². The van der Waals surface area contributed by atoms with E-state index in [4.69, 9.17) is 14.2 Å². The Morgan fingerprint density at radius 2 is 2.23 bits per heavy atom. The summed E-state index contributed by atoms with van der Waals surface area (Å²) in [6.07, 6.45) is 8.48. The Balaban J connectivity index is 1.59. The molecule has 0 aromatic carbocycles. The van der Waals surface area contributed by atoms with Crippen molar-refractivity contribution < 1.29 is 19.3 Å². The highest BCUT2D eigenvalue weighted by Gasteiger charge is 2.34. The number of methoxy groups -OCH3 is 1. The molecule has 0 spiro atoms. The number of aliphatic hydroxyl groups excluding tert-OH is 1. The summed E-state index contributed by atoms with van der Waals surface area (Å²) in [5.41, 5.74) is 2.11. The fourth-order valence-electron chi connectivity index (χ4n) is 3.42. The molecule has 3 atom stereocenters. The van der Waals surface area contributed by atoms with E-state index in [0.29, 0.717) is 30.1 Å². The molecule has 3 heterocycles. The van der Waals surface area contributed by atoms with Gasteiger partial charge in [0.1, 0.15) is 24.8 Å². The number of rotatable bonds is 5. The maximum Gasteiger partial charge on any atom is 0.245 e. The summed E-state index contributed by atoms with van der Waals surface area (Å²) < 4.78 is 18.8. The minimum atomic E-state index is -0.594. The highest BCUT2D eigenvalue weighted by Crippen LogP contribution is 2.32. The summed E-state index contributed by atoms with van der Waals surface area (Å²) in [5.74, 6) is 1.33. The molecule has 1 fully saturated rings. The van der Waals surface area contributed by atoms with Crippen molar-refractivity contribution >= 4 is 11.2 Å². The van der Waals surface area contributed by atoms with Crippen LogP contribution in [-0.2, 0) is 9.47 Å². The van der Waals surface area contributed by atoms with E-state index in [-0.39, 0.29) is 6.10 Å². The van der Waals surface area contributed by atoms with Crippen LogP contribution >= 0.6 is 0 Å². The number of aromatic nitrogens is 4. The first-order valence-corrected chi connectivity index (χ1v) is 8.73. The van der Waals surface area contributed by atoms with Crippen molar-refractivity contribution in [3.63, 3.8) is 0 Å². The van der Waals surface area contributed by atoms with Crippen LogP contribution in [0.4, 0.5) is 0 Å². The molecule has 1 N–H and O–H groups in total. The summed E-state index contributed by atoms with van der Waals surface area (Å²) in [4.78, 5) is 12.9. The van der Waals surface area contributed by atoms with Crippen molar-refractivity contribution in [2.45, 2.75) is 44.6 Å². The van der Waals surface area contributed by atoms with Crippen LogP contribution in [0.15, 0.2) is 36.1 Å². The maximum absolute atomic E-state index is 10.2. The van der Waals surface area contributed by atoms with Crippen LogP contribution < -0.4 is 4.74 Å². The zero-order chi connectivity index (χ0) is 18.1. The largest absolute Gasteiger partial charge is 0.501 e. The Labute approximate surface area is 151 Å². The number of nitrogens with zero attached hydrogens (tertiary/aromatic N) is 4. The summed E-state index contributed by atoms with van der Waals surface area (Å²) in [7, 11) is 1.67. The van der Waals surface area contributed by atoms with E-state index in [1.165, 1.54) is 6.33 Å². The third kappa shape index (κ3) is 3.06. The average molecular weight is 358 g/mol. The molecule has 26 heavy (non-hydrogen) atoms. The van der Waals surface area contributed by atoms with Crippen LogP contribution in [0.3, 0.4) is 0 Å². The van der Waals surface area contributed by atoms with E-state index in [1.807, 2.05) is 13.0 Å². The SMILES string of the molecule is COC1=C(COc2ncnc3c2ncn3[C@@H]2OC(C)C[C@H]2O)C=CCC1. The van der Waals surface area contributed by atoms with E-state index in [1.54, 1.807) is 18.0 Å². The zero-order valence-electron chi connectivity index (χ0n) is 14.8. The normalized spacial score (nSPS) is 25.9. The summed E-state index contributed by atoms with van der Waals surface area (Å²) in [6.45, 7) is 2.28. The minimum Gasteiger partial charge on any atom is -0.501 e. The van der Waals surface area contributed by atoms with Crippen molar-refractivity contribution in [1.29, 1.82) is 0 Å². The van der Waals surface area contributed by atoms with Gasteiger partial charge >= 0.3 is 0 Å². The molecule has 1 saturated heterocycles. The van der Waals surface area contributed by atoms with Gasteiger partial charge in [-0.05, 0) is 13.3 Å². The highest BCUT2D eigenvalue weighted by molar-refractivity contribution is 5.76. The topological polar surface area (TPSA) is 91.5 Å². The monoisotopic (exact) mass is 358 g/mol. The quantitative estimate of drug-likeness (QED) is 0.875. The summed E-state index contributed by atoms with van der Waals surface area (Å²) in [6, 6.07) is 0. The third-order valence-corrected chi connectivity index (χ3v) is 4.70. The molecular weight excluding hydrogens is 336 g/mol. The Bertz CT molecular complexity index is 860. The number of ether oxygens (including phenoxy) is 3. The molecule has 138 valence electrons. The lowest BCUT2D eigenvalue weighted by atomic mass is 10.1. The van der Waals surface area contributed by atoms with Crippen LogP contribution in [0.1, 0.15) is 32.4 Å². The molecule has 2 aliphatic rings. The summed E-state index contributed by atoms with van der Waals surface area (Å²) >= 11 is 0. The van der Waals surface area contributed by atoms with Gasteiger partial charge in [-0.15, -0.1) is 0 Å². The van der Waals surface area contributed by atoms with Crippen molar-refractivity contribution in [1.82, 2.24) is 19.5 Å². The molecule has 1 aliphatic carbocycles. The molecule has 1 aliphatic heterocycles. The lowest BCUT2D eigenvalue weighted by Crippen LogP contribution is -2.19. The second-order valence-electron chi connectivity index (χ2n) is 6.53. The lowest BCUT2D eigenvalue weighted by molar-refractivity contribution is -0.0297. The minimum absolute atomic E-state index is 0.0116. The highest BCUT2D eigenvalue weighted by atomic mass is 16.5. The van der Waals surface area contributed by atoms with Gasteiger partial charge in [0.25, 0.3) is 0 Å². The average Bonchev–Trinajstić information content (AvgIpc) is 3.22. The molecule has 0 bridgehead atoms. The predicted molar refractivity (Wildman–Crippen MR) is 93.4 cm³/mol. The number of aliphatic hydroxyl groups is 1. The van der Waals surface area contributed by atoms with Gasteiger partial charge in [-0.25, -0.2) is 9.97 Å². The van der Waals surface area contributed by atoms with E-state index in [9.17, 15) is 5.11 Å². The van der Waals surface area contributed by atoms with Crippen molar-refractivity contribution in [3.8, 4) is 5.88 Å². The maximum atomic E-state index is 10.2. The Kier molecular flexibility index (Phi) is 4.60. The van der Waals surface area contributed by atoms with Gasteiger partial charge in [-0.1, -0.05) is 12.2 Å². The molecule has 1 unspecified atom stereocenters. The third-order valence-electron chi connectivity index (χ3n) is 4.70. The Morgan fingerprint density at radius 3 is 3.00 bits per heavy atom. The Hall–Kier alpha value is -2.45. The molecule has 0 saturated carbocycles. The van der Waals surface area contributed by atoms with E-state index in [0.717, 1.165) is 24.2 Å². The second kappa shape index (κ2) is 7.05. The van der Waals surface area contributed by atoms with Crippen LogP contribution in [0, 0.1) is 0 Å². The van der Waals surface area contributed by atoms with Crippen molar-refractivity contribution in [2.75, 3.05) is 13.7 Å². The van der Waals surface area contributed by atoms with Crippen molar-refractivity contribution in [2.24, 2.45) is 0 Å².